The molecule has 18 heavy (non-hydrogen) atoms. The molecule has 0 radical (unpaired) electrons. The molecule has 0 saturated heterocycles. The van der Waals surface area contributed by atoms with Crippen molar-refractivity contribution in [2.24, 2.45) is 5.41 Å². The van der Waals surface area contributed by atoms with Crippen molar-refractivity contribution in [3.8, 4) is 0 Å². The number of aliphatic carboxylic acids is 1. The quantitative estimate of drug-likeness (QED) is 0.892. The Morgan fingerprint density at radius 3 is 2.56 bits per heavy atom. The minimum absolute atomic E-state index is 0.0207. The van der Waals surface area contributed by atoms with Gasteiger partial charge in [-0.3, -0.25) is 4.79 Å². The van der Waals surface area contributed by atoms with Gasteiger partial charge in [-0.05, 0) is 45.7 Å². The van der Waals surface area contributed by atoms with Crippen LogP contribution in [0.4, 0.5) is 5.69 Å². The highest BCUT2D eigenvalue weighted by atomic mass is 16.4. The van der Waals surface area contributed by atoms with Crippen molar-refractivity contribution in [1.29, 1.82) is 0 Å². The maximum atomic E-state index is 11.5. The number of nitrogens with zero attached hydrogens (tertiary/aromatic N) is 1. The molecule has 0 aliphatic carbocycles. The second-order valence-corrected chi connectivity index (χ2v) is 5.88. The lowest BCUT2D eigenvalue weighted by Gasteiger charge is -2.39. The van der Waals surface area contributed by atoms with Gasteiger partial charge in [-0.2, -0.15) is 0 Å². The van der Waals surface area contributed by atoms with Crippen molar-refractivity contribution in [2.75, 3.05) is 4.90 Å². The van der Waals surface area contributed by atoms with Crippen LogP contribution in [0.15, 0.2) is 24.3 Å². The SMILES string of the molecule is CC(C)N1c2ccccc2CC1C(C)(C)C(=O)O. The molecule has 3 heteroatoms. The lowest BCUT2D eigenvalue weighted by Crippen LogP contribution is -2.50. The highest BCUT2D eigenvalue weighted by molar-refractivity contribution is 5.77. The minimum atomic E-state index is -0.747. The normalized spacial score (nSPS) is 19.2. The highest BCUT2D eigenvalue weighted by Crippen LogP contribution is 2.41. The van der Waals surface area contributed by atoms with Gasteiger partial charge in [-0.1, -0.05) is 18.2 Å². The van der Waals surface area contributed by atoms with E-state index in [0.29, 0.717) is 6.04 Å². The van der Waals surface area contributed by atoms with E-state index in [-0.39, 0.29) is 6.04 Å². The Kier molecular flexibility index (Phi) is 3.09. The van der Waals surface area contributed by atoms with Gasteiger partial charge < -0.3 is 10.0 Å². The Labute approximate surface area is 108 Å². The van der Waals surface area contributed by atoms with Crippen molar-refractivity contribution in [3.63, 3.8) is 0 Å². The standard InChI is InChI=1S/C15H21NO2/c1-10(2)16-12-8-6-5-7-11(12)9-13(16)15(3,4)14(17)18/h5-8,10,13H,9H2,1-4H3,(H,17,18). The van der Waals surface area contributed by atoms with E-state index in [1.54, 1.807) is 0 Å². The first-order valence-corrected chi connectivity index (χ1v) is 6.45. The number of carbonyl (C=O) groups is 1. The summed E-state index contributed by atoms with van der Waals surface area (Å²) >= 11 is 0. The third-order valence-electron chi connectivity index (χ3n) is 3.96. The van der Waals surface area contributed by atoms with E-state index in [9.17, 15) is 9.90 Å². The van der Waals surface area contributed by atoms with Crippen LogP contribution in [0.1, 0.15) is 33.3 Å². The van der Waals surface area contributed by atoms with Crippen molar-refractivity contribution < 1.29 is 9.90 Å². The molecule has 2 rings (SSSR count). The highest BCUT2D eigenvalue weighted by Gasteiger charge is 2.45. The van der Waals surface area contributed by atoms with Gasteiger partial charge >= 0.3 is 5.97 Å². The van der Waals surface area contributed by atoms with E-state index >= 15 is 0 Å². The number of carboxylic acids is 1. The number of hydrogen-bond donors (Lipinski definition) is 1. The smallest absolute Gasteiger partial charge is 0.311 e. The average Bonchev–Trinajstić information content (AvgIpc) is 2.68. The van der Waals surface area contributed by atoms with Crippen molar-refractivity contribution in [1.82, 2.24) is 0 Å². The van der Waals surface area contributed by atoms with Crippen LogP contribution in [0.3, 0.4) is 0 Å². The van der Waals surface area contributed by atoms with Gasteiger partial charge in [-0.25, -0.2) is 0 Å². The van der Waals surface area contributed by atoms with Gasteiger partial charge in [0.1, 0.15) is 0 Å². The summed E-state index contributed by atoms with van der Waals surface area (Å²) < 4.78 is 0. The van der Waals surface area contributed by atoms with Gasteiger partial charge in [0.05, 0.1) is 5.41 Å². The second kappa shape index (κ2) is 4.30. The maximum Gasteiger partial charge on any atom is 0.311 e. The van der Waals surface area contributed by atoms with Gasteiger partial charge in [0.25, 0.3) is 0 Å². The number of rotatable bonds is 3. The summed E-state index contributed by atoms with van der Waals surface area (Å²) in [5.74, 6) is -0.731. The first kappa shape index (κ1) is 12.9. The summed E-state index contributed by atoms with van der Waals surface area (Å²) in [5, 5.41) is 9.45. The van der Waals surface area contributed by atoms with Crippen LogP contribution in [0.5, 0.6) is 0 Å². The molecule has 0 amide bonds. The Hall–Kier alpha value is -1.51. The summed E-state index contributed by atoms with van der Waals surface area (Å²) in [6.07, 6.45) is 0.813. The maximum absolute atomic E-state index is 11.5. The zero-order valence-electron chi connectivity index (χ0n) is 11.5. The van der Waals surface area contributed by atoms with Gasteiger partial charge in [0.2, 0.25) is 0 Å². The van der Waals surface area contributed by atoms with Gasteiger partial charge in [0.15, 0.2) is 0 Å². The van der Waals surface area contributed by atoms with Crippen LogP contribution in [0.2, 0.25) is 0 Å². The second-order valence-electron chi connectivity index (χ2n) is 5.88. The minimum Gasteiger partial charge on any atom is -0.481 e. The van der Waals surface area contributed by atoms with Crippen molar-refractivity contribution >= 4 is 11.7 Å². The molecule has 1 aliphatic rings. The predicted molar refractivity (Wildman–Crippen MR) is 73.0 cm³/mol. The molecular weight excluding hydrogens is 226 g/mol. The molecule has 1 atom stereocenters. The summed E-state index contributed by atoms with van der Waals surface area (Å²) in [6, 6.07) is 8.55. The van der Waals surface area contributed by atoms with Crippen LogP contribution in [0.25, 0.3) is 0 Å². The summed E-state index contributed by atoms with van der Waals surface area (Å²) in [5.41, 5.74) is 1.70. The molecule has 0 aromatic heterocycles. The average molecular weight is 247 g/mol. The summed E-state index contributed by atoms with van der Waals surface area (Å²) in [6.45, 7) is 7.88. The first-order chi connectivity index (χ1) is 8.35. The van der Waals surface area contributed by atoms with Crippen LogP contribution in [-0.2, 0) is 11.2 Å². The largest absolute Gasteiger partial charge is 0.481 e. The fraction of sp³-hybridized carbons (Fsp3) is 0.533. The lowest BCUT2D eigenvalue weighted by atomic mass is 9.82. The summed E-state index contributed by atoms with van der Waals surface area (Å²) in [4.78, 5) is 13.8. The van der Waals surface area contributed by atoms with Crippen LogP contribution in [0, 0.1) is 5.41 Å². The van der Waals surface area contributed by atoms with E-state index in [4.69, 9.17) is 0 Å². The van der Waals surface area contributed by atoms with E-state index in [1.165, 1.54) is 11.3 Å². The summed E-state index contributed by atoms with van der Waals surface area (Å²) in [7, 11) is 0. The number of hydrogen-bond acceptors (Lipinski definition) is 2. The third kappa shape index (κ3) is 1.88. The van der Waals surface area contributed by atoms with Crippen LogP contribution >= 0.6 is 0 Å². The number of anilines is 1. The van der Waals surface area contributed by atoms with Crippen molar-refractivity contribution in [3.05, 3.63) is 29.8 Å². The Morgan fingerprint density at radius 2 is 2.00 bits per heavy atom. The van der Waals surface area contributed by atoms with Gasteiger partial charge in [0, 0.05) is 17.8 Å². The van der Waals surface area contributed by atoms with Crippen molar-refractivity contribution in [2.45, 2.75) is 46.2 Å². The molecule has 0 fully saturated rings. The van der Waals surface area contributed by atoms with Gasteiger partial charge in [-0.15, -0.1) is 0 Å². The van der Waals surface area contributed by atoms with Crippen LogP contribution in [-0.4, -0.2) is 23.2 Å². The van der Waals surface area contributed by atoms with E-state index in [1.807, 2.05) is 26.0 Å². The predicted octanol–water partition coefficient (Wildman–Crippen LogP) is 2.94. The fourth-order valence-corrected chi connectivity index (χ4v) is 2.79. The molecule has 1 N–H and O–H groups in total. The molecule has 1 heterocycles. The number of benzene rings is 1. The molecule has 3 nitrogen and oxygen atoms in total. The first-order valence-electron chi connectivity index (χ1n) is 6.45. The van der Waals surface area contributed by atoms with E-state index in [0.717, 1.165) is 6.42 Å². The third-order valence-corrected chi connectivity index (χ3v) is 3.96. The molecule has 0 saturated carbocycles. The van der Waals surface area contributed by atoms with Crippen LogP contribution < -0.4 is 4.90 Å². The van der Waals surface area contributed by atoms with E-state index < -0.39 is 11.4 Å². The zero-order valence-corrected chi connectivity index (χ0v) is 11.5. The van der Waals surface area contributed by atoms with E-state index in [2.05, 4.69) is 30.9 Å². The topological polar surface area (TPSA) is 40.5 Å². The fourth-order valence-electron chi connectivity index (χ4n) is 2.79. The number of para-hydroxylation sites is 1. The zero-order chi connectivity index (χ0) is 13.5. The Balaban J connectivity index is 2.44. The molecule has 98 valence electrons. The molecule has 1 aliphatic heterocycles. The Morgan fingerprint density at radius 1 is 1.39 bits per heavy atom. The molecule has 1 unspecified atom stereocenters. The molecule has 1 aromatic carbocycles. The number of fused-ring (bicyclic) bond motifs is 1. The molecule has 1 aromatic rings. The lowest BCUT2D eigenvalue weighted by molar-refractivity contribution is -0.148. The Bertz CT molecular complexity index is 465. The molecular formula is C15H21NO2. The molecule has 0 bridgehead atoms. The molecule has 0 spiro atoms. The number of carboxylic acid groups (broad SMARTS) is 1. The monoisotopic (exact) mass is 247 g/mol.